The first-order valence-electron chi connectivity index (χ1n) is 7.15. The number of H-pyrrole nitrogens is 2. The van der Waals surface area contributed by atoms with Crippen LogP contribution in [0.25, 0.3) is 0 Å². The monoisotopic (exact) mass is 279 g/mol. The lowest BCUT2D eigenvalue weighted by atomic mass is 10.1. The van der Waals surface area contributed by atoms with Crippen molar-refractivity contribution in [2.75, 3.05) is 6.54 Å². The fraction of sp³-hybridized carbons (Fsp3) is 0.643. The lowest BCUT2D eigenvalue weighted by molar-refractivity contribution is -0.121. The summed E-state index contributed by atoms with van der Waals surface area (Å²) in [4.78, 5) is 39.2. The third-order valence-corrected chi connectivity index (χ3v) is 3.92. The Balaban J connectivity index is 1.84. The number of aromatic nitrogens is 2. The van der Waals surface area contributed by atoms with Crippen LogP contribution >= 0.6 is 0 Å². The van der Waals surface area contributed by atoms with Crippen LogP contribution < -0.4 is 16.6 Å². The number of hydrogen-bond acceptors (Lipinski definition) is 3. The molecule has 6 heteroatoms. The topological polar surface area (TPSA) is 94.8 Å². The molecule has 0 radical (unpaired) electrons. The molecule has 3 N–H and O–H groups in total. The summed E-state index contributed by atoms with van der Waals surface area (Å²) < 4.78 is 0. The van der Waals surface area contributed by atoms with Gasteiger partial charge < -0.3 is 10.3 Å². The van der Waals surface area contributed by atoms with E-state index in [4.69, 9.17) is 0 Å². The Morgan fingerprint density at radius 1 is 1.25 bits per heavy atom. The van der Waals surface area contributed by atoms with Gasteiger partial charge >= 0.3 is 5.69 Å². The number of nitrogens with one attached hydrogen (secondary N) is 3. The van der Waals surface area contributed by atoms with Crippen molar-refractivity contribution in [3.05, 3.63) is 32.1 Å². The molecule has 1 aliphatic rings. The van der Waals surface area contributed by atoms with Crippen LogP contribution in [0.4, 0.5) is 0 Å². The van der Waals surface area contributed by atoms with Gasteiger partial charge in [-0.2, -0.15) is 0 Å². The van der Waals surface area contributed by atoms with Crippen LogP contribution in [0, 0.1) is 12.8 Å². The Morgan fingerprint density at radius 2 is 1.95 bits per heavy atom. The Bertz CT molecular complexity index is 582. The van der Waals surface area contributed by atoms with Gasteiger partial charge in [0.25, 0.3) is 5.56 Å². The van der Waals surface area contributed by atoms with Gasteiger partial charge in [-0.3, -0.25) is 14.6 Å². The molecule has 1 fully saturated rings. The molecule has 1 amide bonds. The molecule has 2 rings (SSSR count). The summed E-state index contributed by atoms with van der Waals surface area (Å²) in [6.07, 6.45) is 5.51. The molecule has 1 aromatic heterocycles. The van der Waals surface area contributed by atoms with Crippen molar-refractivity contribution in [1.82, 2.24) is 15.3 Å². The quantitative estimate of drug-likeness (QED) is 0.737. The maximum atomic E-state index is 11.8. The largest absolute Gasteiger partial charge is 0.356 e. The fourth-order valence-electron chi connectivity index (χ4n) is 2.73. The highest BCUT2D eigenvalue weighted by Crippen LogP contribution is 2.23. The van der Waals surface area contributed by atoms with Crippen LogP contribution in [0.5, 0.6) is 0 Å². The smallest absolute Gasteiger partial charge is 0.325 e. The number of aromatic amines is 2. The average Bonchev–Trinajstić information content (AvgIpc) is 2.88. The van der Waals surface area contributed by atoms with Gasteiger partial charge in [-0.1, -0.05) is 12.8 Å². The number of hydrogen-bond donors (Lipinski definition) is 3. The molecule has 0 saturated heterocycles. The highest BCUT2D eigenvalue weighted by atomic mass is 16.2. The van der Waals surface area contributed by atoms with Gasteiger partial charge in [0.15, 0.2) is 0 Å². The summed E-state index contributed by atoms with van der Waals surface area (Å²) in [5, 5.41) is 2.92. The van der Waals surface area contributed by atoms with Crippen molar-refractivity contribution in [3.8, 4) is 0 Å². The van der Waals surface area contributed by atoms with E-state index in [2.05, 4.69) is 15.3 Å². The van der Waals surface area contributed by atoms with Crippen molar-refractivity contribution < 1.29 is 4.79 Å². The molecule has 0 atom stereocenters. The van der Waals surface area contributed by atoms with Crippen LogP contribution in [0.2, 0.25) is 0 Å². The molecule has 20 heavy (non-hydrogen) atoms. The molecule has 0 aliphatic heterocycles. The summed E-state index contributed by atoms with van der Waals surface area (Å²) in [5.74, 6) is 0.569. The zero-order valence-electron chi connectivity index (χ0n) is 11.8. The Hall–Kier alpha value is -1.85. The summed E-state index contributed by atoms with van der Waals surface area (Å²) in [6, 6.07) is 0. The van der Waals surface area contributed by atoms with Gasteiger partial charge in [-0.25, -0.2) is 4.79 Å². The van der Waals surface area contributed by atoms with E-state index in [9.17, 15) is 14.4 Å². The van der Waals surface area contributed by atoms with Gasteiger partial charge in [0.1, 0.15) is 0 Å². The molecule has 1 aromatic rings. The number of carbonyl (C=O) groups is 1. The Morgan fingerprint density at radius 3 is 2.60 bits per heavy atom. The second-order valence-corrected chi connectivity index (χ2v) is 5.47. The first kappa shape index (κ1) is 14.6. The number of amides is 1. The van der Waals surface area contributed by atoms with E-state index >= 15 is 0 Å². The van der Waals surface area contributed by atoms with E-state index in [0.717, 1.165) is 6.54 Å². The molecule has 6 nitrogen and oxygen atoms in total. The third kappa shape index (κ3) is 3.82. The Labute approximate surface area is 117 Å². The van der Waals surface area contributed by atoms with Crippen LogP contribution in [0.1, 0.15) is 43.4 Å². The fourth-order valence-corrected chi connectivity index (χ4v) is 2.73. The highest BCUT2D eigenvalue weighted by molar-refractivity contribution is 5.76. The standard InChI is InChI=1S/C14H21N3O3/c1-9-11(13(19)17-14(20)16-9)6-7-12(18)15-8-10-4-2-3-5-10/h10H,2-8H2,1H3,(H,15,18)(H2,16,17,19,20). The predicted octanol–water partition coefficient (Wildman–Crippen LogP) is 0.611. The molecule has 1 heterocycles. The molecular formula is C14H21N3O3. The molecule has 0 aromatic carbocycles. The lowest BCUT2D eigenvalue weighted by Crippen LogP contribution is -2.31. The van der Waals surface area contributed by atoms with Crippen molar-refractivity contribution >= 4 is 5.91 Å². The number of carbonyl (C=O) groups excluding carboxylic acids is 1. The first-order valence-corrected chi connectivity index (χ1v) is 7.15. The molecule has 0 bridgehead atoms. The van der Waals surface area contributed by atoms with Gasteiger partial charge in [0.05, 0.1) is 0 Å². The van der Waals surface area contributed by atoms with Crippen LogP contribution in [0.15, 0.2) is 9.59 Å². The van der Waals surface area contributed by atoms with Crippen molar-refractivity contribution in [3.63, 3.8) is 0 Å². The molecule has 0 spiro atoms. The van der Waals surface area contributed by atoms with Gasteiger partial charge in [-0.05, 0) is 32.1 Å². The molecule has 0 unspecified atom stereocenters. The highest BCUT2D eigenvalue weighted by Gasteiger charge is 2.16. The summed E-state index contributed by atoms with van der Waals surface area (Å²) in [7, 11) is 0. The summed E-state index contributed by atoms with van der Waals surface area (Å²) in [5.41, 5.74) is 0.0831. The zero-order chi connectivity index (χ0) is 14.5. The van der Waals surface area contributed by atoms with Crippen molar-refractivity contribution in [2.24, 2.45) is 5.92 Å². The molecule has 110 valence electrons. The second-order valence-electron chi connectivity index (χ2n) is 5.47. The van der Waals surface area contributed by atoms with Crippen LogP contribution in [-0.4, -0.2) is 22.4 Å². The second kappa shape index (κ2) is 6.54. The minimum Gasteiger partial charge on any atom is -0.356 e. The minimum absolute atomic E-state index is 0.0399. The number of rotatable bonds is 5. The van der Waals surface area contributed by atoms with Gasteiger partial charge in [-0.15, -0.1) is 0 Å². The number of aryl methyl sites for hydroxylation is 1. The van der Waals surface area contributed by atoms with Crippen molar-refractivity contribution in [1.29, 1.82) is 0 Å². The molecule has 1 saturated carbocycles. The minimum atomic E-state index is -0.512. The predicted molar refractivity (Wildman–Crippen MR) is 75.7 cm³/mol. The summed E-state index contributed by atoms with van der Waals surface area (Å²) in [6.45, 7) is 2.40. The lowest BCUT2D eigenvalue weighted by Gasteiger charge is -2.10. The van der Waals surface area contributed by atoms with E-state index in [1.807, 2.05) is 0 Å². The van der Waals surface area contributed by atoms with Crippen LogP contribution in [-0.2, 0) is 11.2 Å². The molecular weight excluding hydrogens is 258 g/mol. The van der Waals surface area contributed by atoms with E-state index in [1.54, 1.807) is 6.92 Å². The van der Waals surface area contributed by atoms with Gasteiger partial charge in [0, 0.05) is 24.2 Å². The Kier molecular flexibility index (Phi) is 4.76. The maximum Gasteiger partial charge on any atom is 0.325 e. The van der Waals surface area contributed by atoms with Crippen LogP contribution in [0.3, 0.4) is 0 Å². The SMILES string of the molecule is Cc1[nH]c(=O)[nH]c(=O)c1CCC(=O)NCC1CCCC1. The van der Waals surface area contributed by atoms with E-state index in [0.29, 0.717) is 23.6 Å². The first-order chi connectivity index (χ1) is 9.56. The van der Waals surface area contributed by atoms with E-state index in [-0.39, 0.29) is 12.3 Å². The zero-order valence-corrected chi connectivity index (χ0v) is 11.8. The molecule has 1 aliphatic carbocycles. The summed E-state index contributed by atoms with van der Waals surface area (Å²) >= 11 is 0. The van der Waals surface area contributed by atoms with Crippen molar-refractivity contribution in [2.45, 2.75) is 45.4 Å². The maximum absolute atomic E-state index is 11.8. The normalized spacial score (nSPS) is 15.4. The third-order valence-electron chi connectivity index (χ3n) is 3.92. The van der Waals surface area contributed by atoms with E-state index in [1.165, 1.54) is 25.7 Å². The average molecular weight is 279 g/mol. The van der Waals surface area contributed by atoms with E-state index < -0.39 is 11.2 Å². The van der Waals surface area contributed by atoms with Gasteiger partial charge in [0.2, 0.25) is 5.91 Å².